The lowest BCUT2D eigenvalue weighted by Crippen LogP contribution is -2.34. The van der Waals surface area contributed by atoms with Gasteiger partial charge in [0.25, 0.3) is 0 Å². The first-order valence-corrected chi connectivity index (χ1v) is 19.4. The van der Waals surface area contributed by atoms with Gasteiger partial charge in [0, 0.05) is 13.2 Å². The number of hydrogen-bond donors (Lipinski definition) is 1. The summed E-state index contributed by atoms with van der Waals surface area (Å²) in [5.41, 5.74) is -0.512. The summed E-state index contributed by atoms with van der Waals surface area (Å²) >= 11 is 0. The van der Waals surface area contributed by atoms with Crippen LogP contribution in [0.3, 0.4) is 0 Å². The van der Waals surface area contributed by atoms with Crippen molar-refractivity contribution in [3.8, 4) is 0 Å². The van der Waals surface area contributed by atoms with Crippen molar-refractivity contribution < 1.29 is 66.4 Å². The fourth-order valence-electron chi connectivity index (χ4n) is 4.05. The second-order valence-corrected chi connectivity index (χ2v) is 12.5. The van der Waals surface area contributed by atoms with E-state index in [4.69, 9.17) is 61.6 Å². The predicted octanol–water partition coefficient (Wildman–Crippen LogP) is 4.07. The Morgan fingerprint density at radius 3 is 0.904 bits per heavy atom. The molecule has 15 nitrogen and oxygen atoms in total. The van der Waals surface area contributed by atoms with E-state index >= 15 is 0 Å². The lowest BCUT2D eigenvalue weighted by atomic mass is 10.1. The SMILES string of the molecule is CCCCCCCCOCCOCCOCCOCCOCCOCCOCCOCCOCCOCCOCCOCCNC(=O)OC(C)(C)C. The Bertz CT molecular complexity index is 702. The molecule has 0 radical (unpaired) electrons. The molecule has 0 aromatic carbocycles. The van der Waals surface area contributed by atoms with Crippen molar-refractivity contribution in [1.82, 2.24) is 5.32 Å². The van der Waals surface area contributed by atoms with Crippen LogP contribution in [0.5, 0.6) is 0 Å². The molecule has 0 saturated carbocycles. The minimum Gasteiger partial charge on any atom is -0.444 e. The molecule has 1 amide bonds. The first-order valence-electron chi connectivity index (χ1n) is 19.4. The Morgan fingerprint density at radius 1 is 0.365 bits per heavy atom. The molecule has 0 aromatic rings. The van der Waals surface area contributed by atoms with Gasteiger partial charge in [0.05, 0.1) is 152 Å². The maximum absolute atomic E-state index is 11.5. The predicted molar refractivity (Wildman–Crippen MR) is 197 cm³/mol. The minimum absolute atomic E-state index is 0.383. The van der Waals surface area contributed by atoms with E-state index in [9.17, 15) is 4.79 Å². The van der Waals surface area contributed by atoms with Crippen LogP contribution in [0.2, 0.25) is 0 Å². The molecule has 0 unspecified atom stereocenters. The van der Waals surface area contributed by atoms with E-state index in [1.165, 1.54) is 32.1 Å². The van der Waals surface area contributed by atoms with Crippen molar-refractivity contribution in [3.05, 3.63) is 0 Å². The van der Waals surface area contributed by atoms with Gasteiger partial charge >= 0.3 is 6.09 Å². The molecule has 0 aliphatic carbocycles. The molecule has 52 heavy (non-hydrogen) atoms. The van der Waals surface area contributed by atoms with Gasteiger partial charge in [-0.2, -0.15) is 0 Å². The van der Waals surface area contributed by atoms with Gasteiger partial charge in [-0.1, -0.05) is 39.0 Å². The fourth-order valence-corrected chi connectivity index (χ4v) is 4.05. The zero-order valence-electron chi connectivity index (χ0n) is 33.1. The van der Waals surface area contributed by atoms with Crippen LogP contribution in [-0.2, 0) is 61.6 Å². The number of alkyl carbamates (subject to hydrolysis) is 1. The normalized spacial score (nSPS) is 11.8. The van der Waals surface area contributed by atoms with E-state index in [0.717, 1.165) is 13.0 Å². The standard InChI is InChI=1S/C37H75NO14/c1-5-6-7-8-9-10-12-40-14-16-42-18-20-44-22-24-46-26-28-48-30-32-50-34-35-51-33-31-49-29-27-47-25-23-45-21-19-43-17-15-41-13-11-38-36(39)52-37(2,3)4/h5-35H2,1-4H3,(H,38,39). The van der Waals surface area contributed by atoms with Gasteiger partial charge in [0.15, 0.2) is 0 Å². The van der Waals surface area contributed by atoms with Crippen molar-refractivity contribution >= 4 is 6.09 Å². The van der Waals surface area contributed by atoms with E-state index in [-0.39, 0.29) is 0 Å². The topological polar surface area (TPSA) is 149 Å². The number of ether oxygens (including phenoxy) is 13. The molecule has 0 heterocycles. The zero-order chi connectivity index (χ0) is 37.9. The molecule has 0 aromatic heterocycles. The monoisotopic (exact) mass is 758 g/mol. The third kappa shape index (κ3) is 46.8. The van der Waals surface area contributed by atoms with E-state index in [1.54, 1.807) is 0 Å². The molecular formula is C37H75NO14. The Hall–Kier alpha value is -1.21. The first kappa shape index (κ1) is 50.8. The molecular weight excluding hydrogens is 682 g/mol. The Balaban J connectivity index is 3.09. The summed E-state index contributed by atoms with van der Waals surface area (Å²) in [4.78, 5) is 11.5. The number of nitrogens with one attached hydrogen (secondary N) is 1. The summed E-state index contributed by atoms with van der Waals surface area (Å²) in [5, 5.41) is 2.63. The van der Waals surface area contributed by atoms with Crippen LogP contribution in [0.25, 0.3) is 0 Å². The number of hydrogen-bond acceptors (Lipinski definition) is 14. The fraction of sp³-hybridized carbons (Fsp3) is 0.973. The van der Waals surface area contributed by atoms with Gasteiger partial charge in [-0.3, -0.25) is 0 Å². The van der Waals surface area contributed by atoms with Crippen LogP contribution >= 0.6 is 0 Å². The van der Waals surface area contributed by atoms with Crippen molar-refractivity contribution in [1.29, 1.82) is 0 Å². The highest BCUT2D eigenvalue weighted by molar-refractivity contribution is 5.67. The van der Waals surface area contributed by atoms with Gasteiger partial charge in [0.2, 0.25) is 0 Å². The highest BCUT2D eigenvalue weighted by Crippen LogP contribution is 2.06. The highest BCUT2D eigenvalue weighted by atomic mass is 16.6. The van der Waals surface area contributed by atoms with Gasteiger partial charge in [-0.15, -0.1) is 0 Å². The largest absolute Gasteiger partial charge is 0.444 e. The Kier molecular flexibility index (Phi) is 41.5. The van der Waals surface area contributed by atoms with E-state index in [2.05, 4.69) is 12.2 Å². The molecule has 0 aliphatic rings. The lowest BCUT2D eigenvalue weighted by Gasteiger charge is -2.19. The summed E-state index contributed by atoms with van der Waals surface area (Å²) in [6, 6.07) is 0. The molecule has 0 spiro atoms. The van der Waals surface area contributed by atoms with Gasteiger partial charge in [-0.25, -0.2) is 4.79 Å². The van der Waals surface area contributed by atoms with Crippen LogP contribution < -0.4 is 5.32 Å². The average Bonchev–Trinajstić information content (AvgIpc) is 3.11. The Labute approximate surface area is 314 Å². The maximum atomic E-state index is 11.5. The van der Waals surface area contributed by atoms with Crippen molar-refractivity contribution in [2.75, 3.05) is 165 Å². The number of carbonyl (C=O) groups is 1. The van der Waals surface area contributed by atoms with Crippen molar-refractivity contribution in [3.63, 3.8) is 0 Å². The molecule has 0 bridgehead atoms. The first-order chi connectivity index (χ1) is 25.5. The highest BCUT2D eigenvalue weighted by Gasteiger charge is 2.15. The van der Waals surface area contributed by atoms with Crippen LogP contribution in [-0.4, -0.2) is 177 Å². The summed E-state index contributed by atoms with van der Waals surface area (Å²) < 4.78 is 71.0. The number of rotatable bonds is 43. The second-order valence-electron chi connectivity index (χ2n) is 12.5. The number of carbonyl (C=O) groups excluding carboxylic acids is 1. The maximum Gasteiger partial charge on any atom is 0.407 e. The Morgan fingerprint density at radius 2 is 0.615 bits per heavy atom. The molecule has 1 N–H and O–H groups in total. The molecule has 0 atom stereocenters. The van der Waals surface area contributed by atoms with Crippen LogP contribution in [0.4, 0.5) is 4.79 Å². The average molecular weight is 758 g/mol. The minimum atomic E-state index is -0.512. The molecule has 0 aliphatic heterocycles. The summed E-state index contributed by atoms with van der Waals surface area (Å²) in [5.74, 6) is 0. The van der Waals surface area contributed by atoms with Crippen LogP contribution in [0.15, 0.2) is 0 Å². The second kappa shape index (κ2) is 42.5. The van der Waals surface area contributed by atoms with E-state index in [1.807, 2.05) is 20.8 Å². The third-order valence-electron chi connectivity index (χ3n) is 6.65. The molecule has 15 heteroatoms. The molecule has 0 saturated heterocycles. The summed E-state index contributed by atoms with van der Waals surface area (Å²) in [6.45, 7) is 20.6. The molecule has 0 rings (SSSR count). The number of amides is 1. The van der Waals surface area contributed by atoms with Crippen LogP contribution in [0.1, 0.15) is 66.2 Å². The van der Waals surface area contributed by atoms with E-state index < -0.39 is 11.7 Å². The van der Waals surface area contributed by atoms with Crippen LogP contribution in [0, 0.1) is 0 Å². The quantitative estimate of drug-likeness (QED) is 0.0891. The third-order valence-corrected chi connectivity index (χ3v) is 6.65. The number of unbranched alkanes of at least 4 members (excludes halogenated alkanes) is 5. The zero-order valence-corrected chi connectivity index (χ0v) is 33.1. The van der Waals surface area contributed by atoms with Gasteiger partial charge in [-0.05, 0) is 27.2 Å². The summed E-state index contributed by atoms with van der Waals surface area (Å²) in [7, 11) is 0. The molecule has 312 valence electrons. The molecule has 0 fully saturated rings. The van der Waals surface area contributed by atoms with E-state index in [0.29, 0.717) is 159 Å². The lowest BCUT2D eigenvalue weighted by molar-refractivity contribution is -0.0283. The van der Waals surface area contributed by atoms with Crippen molar-refractivity contribution in [2.24, 2.45) is 0 Å². The smallest absolute Gasteiger partial charge is 0.407 e. The van der Waals surface area contributed by atoms with Gasteiger partial charge < -0.3 is 66.9 Å². The van der Waals surface area contributed by atoms with Crippen molar-refractivity contribution in [2.45, 2.75) is 71.8 Å². The van der Waals surface area contributed by atoms with Gasteiger partial charge in [0.1, 0.15) is 5.60 Å². The summed E-state index contributed by atoms with van der Waals surface area (Å²) in [6.07, 6.45) is 7.21.